The normalized spacial score (nSPS) is 21.2. The van der Waals surface area contributed by atoms with Crippen LogP contribution in [-0.2, 0) is 23.1 Å². The summed E-state index contributed by atoms with van der Waals surface area (Å²) in [6.07, 6.45) is 24.2. The largest absolute Gasteiger partial charge is 0.405 e. The van der Waals surface area contributed by atoms with Crippen molar-refractivity contribution in [1.29, 1.82) is 0 Å². The lowest BCUT2D eigenvalue weighted by Crippen LogP contribution is -2.35. The van der Waals surface area contributed by atoms with E-state index in [1.165, 1.54) is 10.9 Å². The molecule has 16 heteroatoms. The van der Waals surface area contributed by atoms with Gasteiger partial charge >= 0.3 is 7.75 Å². The molecule has 0 radical (unpaired) electrons. The Labute approximate surface area is 299 Å². The van der Waals surface area contributed by atoms with Crippen LogP contribution in [-0.4, -0.2) is 80.3 Å². The van der Waals surface area contributed by atoms with Crippen LogP contribution in [0.3, 0.4) is 0 Å². The molecular formula is C34H51ClN7O7P. The van der Waals surface area contributed by atoms with Crippen LogP contribution in [0.4, 0.5) is 5.82 Å². The number of anilines is 1. The zero-order valence-electron chi connectivity index (χ0n) is 28.8. The van der Waals surface area contributed by atoms with Crippen molar-refractivity contribution in [3.8, 4) is 0 Å². The van der Waals surface area contributed by atoms with Crippen LogP contribution in [0, 0.1) is 0 Å². The quantitative estimate of drug-likeness (QED) is 0.0419. The van der Waals surface area contributed by atoms with E-state index in [0.717, 1.165) is 38.5 Å². The smallest absolute Gasteiger partial charge is 0.387 e. The van der Waals surface area contributed by atoms with E-state index in [9.17, 15) is 19.6 Å². The number of hydrogen-bond acceptors (Lipinski definition) is 11. The summed E-state index contributed by atoms with van der Waals surface area (Å²) in [5, 5.41) is 26.8. The first-order chi connectivity index (χ1) is 24.2. The van der Waals surface area contributed by atoms with Gasteiger partial charge in [0.05, 0.1) is 13.2 Å². The third-order valence-corrected chi connectivity index (χ3v) is 9.41. The number of halogens is 1. The molecule has 0 aromatic carbocycles. The minimum absolute atomic E-state index is 0.0729. The van der Waals surface area contributed by atoms with Crippen molar-refractivity contribution in [3.63, 3.8) is 0 Å². The number of carbonyl (C=O) groups is 1. The molecule has 5 unspecified atom stereocenters. The molecule has 1 amide bonds. The maximum atomic E-state index is 13.3. The summed E-state index contributed by atoms with van der Waals surface area (Å²) in [4.78, 5) is 24.4. The lowest BCUT2D eigenvalue weighted by Gasteiger charge is -2.22. The predicted octanol–water partition coefficient (Wildman–Crippen LogP) is 5.47. The highest BCUT2D eigenvalue weighted by molar-refractivity contribution is 7.51. The number of nitrogens with one attached hydrogen (secondary N) is 2. The van der Waals surface area contributed by atoms with Crippen LogP contribution < -0.4 is 16.1 Å². The molecule has 0 spiro atoms. The number of fused-ring (bicyclic) bond motifs is 1. The average molecular weight is 736 g/mol. The van der Waals surface area contributed by atoms with Gasteiger partial charge in [-0.05, 0) is 63.5 Å². The van der Waals surface area contributed by atoms with E-state index in [1.807, 2.05) is 0 Å². The minimum atomic E-state index is -3.85. The molecule has 2 aromatic heterocycles. The van der Waals surface area contributed by atoms with Crippen LogP contribution in [0.2, 0.25) is 5.28 Å². The molecule has 5 atom stereocenters. The first kappa shape index (κ1) is 41.2. The number of nitrogens with zero attached hydrogens (tertiary/aromatic N) is 4. The number of imidazole rings is 1. The molecule has 0 aliphatic carbocycles. The second kappa shape index (κ2) is 22.6. The van der Waals surface area contributed by atoms with Crippen LogP contribution >= 0.6 is 19.3 Å². The van der Waals surface area contributed by atoms with E-state index in [4.69, 9.17) is 31.1 Å². The molecule has 0 saturated carbocycles. The molecule has 1 aliphatic heterocycles. The monoisotopic (exact) mass is 735 g/mol. The van der Waals surface area contributed by atoms with Gasteiger partial charge in [-0.3, -0.25) is 18.4 Å². The maximum absolute atomic E-state index is 13.3. The molecule has 1 saturated heterocycles. The zero-order valence-corrected chi connectivity index (χ0v) is 30.4. The summed E-state index contributed by atoms with van der Waals surface area (Å²) in [5.41, 5.74) is 6.27. The van der Waals surface area contributed by atoms with Gasteiger partial charge < -0.3 is 26.0 Å². The zero-order chi connectivity index (χ0) is 36.2. The van der Waals surface area contributed by atoms with Crippen molar-refractivity contribution in [2.24, 2.45) is 0 Å². The van der Waals surface area contributed by atoms with Gasteiger partial charge in [0, 0.05) is 19.5 Å². The SMILES string of the molecule is CCC=CCC=CCC=CCC=CCC=CCCCC(=O)NCCNP(=O)(OCC)OCC1OC(n2c(Cl)nc3c(N)ncnc32)C(O)C1O. The molecule has 14 nitrogen and oxygen atoms in total. The number of rotatable bonds is 23. The number of aliphatic hydroxyl groups excluding tert-OH is 2. The second-order valence-corrected chi connectivity index (χ2v) is 13.5. The van der Waals surface area contributed by atoms with Gasteiger partial charge in [0.15, 0.2) is 23.2 Å². The number of amides is 1. The van der Waals surface area contributed by atoms with Gasteiger partial charge in [0.2, 0.25) is 11.2 Å². The lowest BCUT2D eigenvalue weighted by atomic mass is 10.1. The van der Waals surface area contributed by atoms with E-state index in [2.05, 4.69) is 93.0 Å². The summed E-state index contributed by atoms with van der Waals surface area (Å²) in [7, 11) is -3.85. The molecule has 2 aromatic rings. The van der Waals surface area contributed by atoms with Gasteiger partial charge in [-0.25, -0.2) is 24.6 Å². The first-order valence-electron chi connectivity index (χ1n) is 17.0. The minimum Gasteiger partial charge on any atom is -0.387 e. The number of nitrogens with two attached hydrogens (primary N) is 1. The highest BCUT2D eigenvalue weighted by atomic mass is 35.5. The van der Waals surface area contributed by atoms with Gasteiger partial charge in [-0.15, -0.1) is 0 Å². The van der Waals surface area contributed by atoms with E-state index in [0.29, 0.717) is 12.8 Å². The van der Waals surface area contributed by atoms with E-state index >= 15 is 0 Å². The Balaban J connectivity index is 1.30. The predicted molar refractivity (Wildman–Crippen MR) is 195 cm³/mol. The van der Waals surface area contributed by atoms with E-state index in [1.54, 1.807) is 6.92 Å². The molecule has 50 heavy (non-hydrogen) atoms. The Kier molecular flexibility index (Phi) is 18.6. The highest BCUT2D eigenvalue weighted by Gasteiger charge is 2.46. The summed E-state index contributed by atoms with van der Waals surface area (Å²) >= 11 is 6.27. The molecule has 276 valence electrons. The molecule has 0 bridgehead atoms. The molecule has 3 rings (SSSR count). The van der Waals surface area contributed by atoms with Gasteiger partial charge in [0.1, 0.15) is 24.6 Å². The van der Waals surface area contributed by atoms with Crippen molar-refractivity contribution in [2.75, 3.05) is 32.0 Å². The number of ether oxygens (including phenoxy) is 1. The number of nitrogen functional groups attached to an aromatic ring is 1. The Morgan fingerprint density at radius 1 is 0.980 bits per heavy atom. The second-order valence-electron chi connectivity index (χ2n) is 11.3. The van der Waals surface area contributed by atoms with Crippen LogP contribution in [0.1, 0.15) is 71.4 Å². The summed E-state index contributed by atoms with van der Waals surface area (Å²) in [5.74, 6) is -0.0311. The van der Waals surface area contributed by atoms with Crippen LogP contribution in [0.5, 0.6) is 0 Å². The number of allylic oxidation sites excluding steroid dienone is 10. The summed E-state index contributed by atoms with van der Waals surface area (Å²) in [6.45, 7) is 3.77. The molecular weight excluding hydrogens is 685 g/mol. The Bertz CT molecular complexity index is 1530. The van der Waals surface area contributed by atoms with E-state index in [-0.39, 0.29) is 54.5 Å². The third kappa shape index (κ3) is 13.5. The van der Waals surface area contributed by atoms with E-state index < -0.39 is 32.3 Å². The van der Waals surface area contributed by atoms with Gasteiger partial charge in [0.25, 0.3) is 0 Å². The molecule has 3 heterocycles. The fourth-order valence-corrected chi connectivity index (χ4v) is 6.49. The average Bonchev–Trinajstić information content (AvgIpc) is 3.58. The standard InChI is InChI=1S/C34H51ClN7O7P/c1-3-5-6-7-8-9-10-11-12-13-14-15-16-17-18-19-20-21-27(43)37-22-23-40-50(46,47-4-2)48-24-26-29(44)30(45)33(49-26)42-32-28(41-34(42)35)31(36)38-25-39-32/h5-6,8-9,11-12,14-15,17-18,25-26,29-30,33,44-45H,3-4,7,10,13,16,19-24H2,1-2H3,(H,37,43)(H,40,46)(H2,36,38,39). The third-order valence-electron chi connectivity index (χ3n) is 7.45. The van der Waals surface area contributed by atoms with Crippen LogP contribution in [0.25, 0.3) is 11.2 Å². The lowest BCUT2D eigenvalue weighted by molar-refractivity contribution is -0.121. The highest BCUT2D eigenvalue weighted by Crippen LogP contribution is 2.44. The van der Waals surface area contributed by atoms with Crippen molar-refractivity contribution in [2.45, 2.75) is 89.8 Å². The van der Waals surface area contributed by atoms with Gasteiger partial charge in [-0.2, -0.15) is 0 Å². The number of hydrogen-bond donors (Lipinski definition) is 5. The Morgan fingerprint density at radius 3 is 2.26 bits per heavy atom. The maximum Gasteiger partial charge on any atom is 0.405 e. The van der Waals surface area contributed by atoms with Gasteiger partial charge in [-0.1, -0.05) is 67.7 Å². The van der Waals surface area contributed by atoms with Crippen molar-refractivity contribution >= 4 is 42.2 Å². The fourth-order valence-electron chi connectivity index (χ4n) is 4.91. The molecule has 1 aliphatic rings. The number of aromatic nitrogens is 4. The summed E-state index contributed by atoms with van der Waals surface area (Å²) < 4.78 is 31.3. The first-order valence-corrected chi connectivity index (χ1v) is 18.9. The van der Waals surface area contributed by atoms with Crippen molar-refractivity contribution in [3.05, 3.63) is 72.4 Å². The topological polar surface area (TPSA) is 196 Å². The Hall–Kier alpha value is -3.20. The van der Waals surface area contributed by atoms with Crippen LogP contribution in [0.15, 0.2) is 67.1 Å². The number of unbranched alkanes of at least 4 members (excludes halogenated alkanes) is 1. The Morgan fingerprint density at radius 2 is 1.62 bits per heavy atom. The van der Waals surface area contributed by atoms with Crippen molar-refractivity contribution in [1.82, 2.24) is 29.9 Å². The summed E-state index contributed by atoms with van der Waals surface area (Å²) in [6, 6.07) is 0. The number of carbonyl (C=O) groups excluding carboxylic acids is 1. The molecule has 6 N–H and O–H groups in total. The number of aliphatic hydroxyl groups is 2. The molecule has 1 fully saturated rings. The fraction of sp³-hybridized carbons (Fsp3) is 0.529. The van der Waals surface area contributed by atoms with Crippen molar-refractivity contribution < 1.29 is 33.4 Å².